The fraction of sp³-hybridized carbons (Fsp3) is 0.400. The Morgan fingerprint density at radius 2 is 1.89 bits per heavy atom. The Bertz CT molecular complexity index is 847. The number of piperazine rings is 1. The van der Waals surface area contributed by atoms with E-state index in [-0.39, 0.29) is 18.3 Å². The molecule has 1 amide bonds. The fourth-order valence-electron chi connectivity index (χ4n) is 3.24. The monoisotopic (exact) mass is 405 g/mol. The van der Waals surface area contributed by atoms with E-state index >= 15 is 0 Å². The van der Waals surface area contributed by atoms with E-state index in [1.165, 1.54) is 24.5 Å². The molecule has 0 atom stereocenters. The van der Waals surface area contributed by atoms with Crippen LogP contribution in [0.4, 0.5) is 9.39 Å². The average Bonchev–Trinajstić information content (AvgIpc) is 3.02. The van der Waals surface area contributed by atoms with Gasteiger partial charge in [0.05, 0.1) is 19.2 Å². The molecule has 0 aliphatic carbocycles. The van der Waals surface area contributed by atoms with Crippen molar-refractivity contribution >= 4 is 28.2 Å². The summed E-state index contributed by atoms with van der Waals surface area (Å²) in [5.74, 6) is -0.820. The number of amides is 1. The molecule has 1 aromatic carbocycles. The molecular formula is C20H24FN3O3S. The summed E-state index contributed by atoms with van der Waals surface area (Å²) in [5.41, 5.74) is 1.34. The Hall–Kier alpha value is -2.29. The molecule has 3 rings (SSSR count). The molecule has 1 aliphatic rings. The van der Waals surface area contributed by atoms with Gasteiger partial charge in [-0.25, -0.2) is 9.18 Å². The summed E-state index contributed by atoms with van der Waals surface area (Å²) in [7, 11) is 1.32. The first kappa shape index (κ1) is 20.4. The zero-order valence-electron chi connectivity index (χ0n) is 16.0. The van der Waals surface area contributed by atoms with Crippen molar-refractivity contribution in [3.05, 3.63) is 52.2 Å². The van der Waals surface area contributed by atoms with Gasteiger partial charge in [-0.2, -0.15) is 0 Å². The van der Waals surface area contributed by atoms with Gasteiger partial charge in [-0.15, -0.1) is 11.3 Å². The first-order chi connectivity index (χ1) is 13.4. The fourth-order valence-corrected chi connectivity index (χ4v) is 4.15. The van der Waals surface area contributed by atoms with E-state index in [4.69, 9.17) is 4.74 Å². The lowest BCUT2D eigenvalue weighted by Crippen LogP contribution is -2.48. The van der Waals surface area contributed by atoms with Crippen molar-refractivity contribution in [1.82, 2.24) is 9.80 Å². The Labute approximate surface area is 167 Å². The van der Waals surface area contributed by atoms with E-state index in [1.54, 1.807) is 18.2 Å². The normalized spacial score (nSPS) is 15.4. The molecular weight excluding hydrogens is 381 g/mol. The summed E-state index contributed by atoms with van der Waals surface area (Å²) < 4.78 is 18.1. The molecule has 6 nitrogen and oxygen atoms in total. The molecule has 0 unspecified atom stereocenters. The number of nitrogens with zero attached hydrogens (tertiary/aromatic N) is 2. The number of halogens is 1. The molecule has 0 saturated carbocycles. The maximum Gasteiger partial charge on any atom is 0.340 e. The Morgan fingerprint density at radius 3 is 2.57 bits per heavy atom. The molecule has 1 saturated heterocycles. The van der Waals surface area contributed by atoms with Crippen LogP contribution in [0.25, 0.3) is 0 Å². The number of hydrogen-bond donors (Lipinski definition) is 1. The summed E-state index contributed by atoms with van der Waals surface area (Å²) in [6.45, 7) is 6.00. The number of hydrogen-bond acceptors (Lipinski definition) is 6. The third kappa shape index (κ3) is 5.37. The van der Waals surface area contributed by atoms with Gasteiger partial charge in [-0.3, -0.25) is 14.6 Å². The lowest BCUT2D eigenvalue weighted by Gasteiger charge is -2.34. The quantitative estimate of drug-likeness (QED) is 0.749. The standard InChI is InChI=1S/C20H24FN3O3S/c1-14-10-17(20(26)27-2)19(28-14)22-18(25)13-24-8-6-23(7-9-24)12-15-4-3-5-16(21)11-15/h3-5,10-11H,6-9,12-13H2,1-2H3,(H,22,25). The number of nitrogens with one attached hydrogen (secondary N) is 1. The smallest absolute Gasteiger partial charge is 0.340 e. The average molecular weight is 405 g/mol. The predicted octanol–water partition coefficient (Wildman–Crippen LogP) is 2.74. The SMILES string of the molecule is COC(=O)c1cc(C)sc1NC(=O)CN1CCN(Cc2cccc(F)c2)CC1. The number of rotatable bonds is 6. The predicted molar refractivity (Wildman–Crippen MR) is 107 cm³/mol. The molecule has 1 aromatic heterocycles. The highest BCUT2D eigenvalue weighted by Gasteiger charge is 2.21. The number of aryl methyl sites for hydroxylation is 1. The maximum atomic E-state index is 13.3. The number of benzene rings is 1. The number of ether oxygens (including phenoxy) is 1. The molecule has 8 heteroatoms. The van der Waals surface area contributed by atoms with Crippen LogP contribution < -0.4 is 5.32 Å². The minimum atomic E-state index is -0.453. The molecule has 2 aromatic rings. The molecule has 0 bridgehead atoms. The van der Waals surface area contributed by atoms with Crippen LogP contribution in [0.3, 0.4) is 0 Å². The van der Waals surface area contributed by atoms with Gasteiger partial charge in [-0.1, -0.05) is 12.1 Å². The Morgan fingerprint density at radius 1 is 1.18 bits per heavy atom. The highest BCUT2D eigenvalue weighted by Crippen LogP contribution is 2.28. The van der Waals surface area contributed by atoms with Gasteiger partial charge in [0.15, 0.2) is 0 Å². The highest BCUT2D eigenvalue weighted by atomic mass is 32.1. The Kier molecular flexibility index (Phi) is 6.77. The van der Waals surface area contributed by atoms with Crippen LogP contribution in [0.5, 0.6) is 0 Å². The third-order valence-corrected chi connectivity index (χ3v) is 5.61. The first-order valence-electron chi connectivity index (χ1n) is 9.12. The lowest BCUT2D eigenvalue weighted by atomic mass is 10.2. The second kappa shape index (κ2) is 9.27. The van der Waals surface area contributed by atoms with Gasteiger partial charge >= 0.3 is 5.97 Å². The molecule has 1 fully saturated rings. The molecule has 28 heavy (non-hydrogen) atoms. The van der Waals surface area contributed by atoms with E-state index < -0.39 is 5.97 Å². The van der Waals surface area contributed by atoms with Crippen LogP contribution in [-0.4, -0.2) is 61.5 Å². The lowest BCUT2D eigenvalue weighted by molar-refractivity contribution is -0.117. The second-order valence-corrected chi connectivity index (χ2v) is 8.08. The second-order valence-electron chi connectivity index (χ2n) is 6.82. The topological polar surface area (TPSA) is 61.9 Å². The third-order valence-electron chi connectivity index (χ3n) is 4.64. The highest BCUT2D eigenvalue weighted by molar-refractivity contribution is 7.16. The molecule has 0 spiro atoms. The van der Waals surface area contributed by atoms with Crippen molar-refractivity contribution in [1.29, 1.82) is 0 Å². The van der Waals surface area contributed by atoms with Crippen LogP contribution in [0, 0.1) is 12.7 Å². The summed E-state index contributed by atoms with van der Waals surface area (Å²) in [5, 5.41) is 3.36. The van der Waals surface area contributed by atoms with Crippen LogP contribution in [0.15, 0.2) is 30.3 Å². The maximum absolute atomic E-state index is 13.3. The van der Waals surface area contributed by atoms with Gasteiger partial charge in [0.1, 0.15) is 10.8 Å². The number of thiophene rings is 1. The number of carbonyl (C=O) groups excluding carboxylic acids is 2. The number of anilines is 1. The van der Waals surface area contributed by atoms with Crippen LogP contribution >= 0.6 is 11.3 Å². The summed E-state index contributed by atoms with van der Waals surface area (Å²) >= 11 is 1.36. The van der Waals surface area contributed by atoms with E-state index in [0.29, 0.717) is 17.1 Å². The molecule has 1 N–H and O–H groups in total. The summed E-state index contributed by atoms with van der Waals surface area (Å²) in [6.07, 6.45) is 0. The van der Waals surface area contributed by atoms with Gasteiger partial charge in [0.25, 0.3) is 0 Å². The number of carbonyl (C=O) groups is 2. The largest absolute Gasteiger partial charge is 0.465 e. The van der Waals surface area contributed by atoms with E-state index in [0.717, 1.165) is 36.6 Å². The minimum Gasteiger partial charge on any atom is -0.465 e. The van der Waals surface area contributed by atoms with E-state index in [1.807, 2.05) is 13.0 Å². The number of methoxy groups -OCH3 is 1. The van der Waals surface area contributed by atoms with Crippen LogP contribution in [-0.2, 0) is 16.1 Å². The van der Waals surface area contributed by atoms with E-state index in [2.05, 4.69) is 15.1 Å². The zero-order chi connectivity index (χ0) is 20.1. The molecule has 2 heterocycles. The van der Waals surface area contributed by atoms with Gasteiger partial charge in [0.2, 0.25) is 5.91 Å². The molecule has 150 valence electrons. The first-order valence-corrected chi connectivity index (χ1v) is 9.94. The Balaban J connectivity index is 1.48. The van der Waals surface area contributed by atoms with Gasteiger partial charge in [0, 0.05) is 37.6 Å². The summed E-state index contributed by atoms with van der Waals surface area (Å²) in [6, 6.07) is 8.37. The summed E-state index contributed by atoms with van der Waals surface area (Å²) in [4.78, 5) is 29.5. The van der Waals surface area contributed by atoms with Gasteiger partial charge in [-0.05, 0) is 30.7 Å². The molecule has 0 radical (unpaired) electrons. The zero-order valence-corrected chi connectivity index (χ0v) is 16.9. The van der Waals surface area contributed by atoms with Gasteiger partial charge < -0.3 is 10.1 Å². The van der Waals surface area contributed by atoms with Crippen molar-refractivity contribution in [2.45, 2.75) is 13.5 Å². The van der Waals surface area contributed by atoms with Crippen molar-refractivity contribution in [2.75, 3.05) is 45.2 Å². The van der Waals surface area contributed by atoms with E-state index in [9.17, 15) is 14.0 Å². The minimum absolute atomic E-state index is 0.148. The van der Waals surface area contributed by atoms with Crippen molar-refractivity contribution < 1.29 is 18.7 Å². The van der Waals surface area contributed by atoms with Crippen LogP contribution in [0.1, 0.15) is 20.8 Å². The van der Waals surface area contributed by atoms with Crippen molar-refractivity contribution in [3.8, 4) is 0 Å². The van der Waals surface area contributed by atoms with Crippen LogP contribution in [0.2, 0.25) is 0 Å². The van der Waals surface area contributed by atoms with Crippen molar-refractivity contribution in [3.63, 3.8) is 0 Å². The van der Waals surface area contributed by atoms with Crippen molar-refractivity contribution in [2.24, 2.45) is 0 Å². The molecule has 1 aliphatic heterocycles. The number of esters is 1.